The second kappa shape index (κ2) is 4.48. The molecule has 3 N–H and O–H groups in total. The summed E-state index contributed by atoms with van der Waals surface area (Å²) in [6.45, 7) is 0.583. The van der Waals surface area contributed by atoms with Crippen molar-refractivity contribution >= 4 is 22.6 Å². The molecule has 1 aliphatic heterocycles. The zero-order valence-corrected chi connectivity index (χ0v) is 10.4. The third kappa shape index (κ3) is 1.81. The van der Waals surface area contributed by atoms with E-state index in [9.17, 15) is 9.59 Å². The number of carbonyl (C=O) groups excluding carboxylic acids is 2. The van der Waals surface area contributed by atoms with E-state index >= 15 is 0 Å². The fourth-order valence-electron chi connectivity index (χ4n) is 2.60. The highest BCUT2D eigenvalue weighted by atomic mass is 16.2. The van der Waals surface area contributed by atoms with Crippen LogP contribution in [0.2, 0.25) is 0 Å². The minimum atomic E-state index is -0.320. The molecule has 1 aliphatic rings. The van der Waals surface area contributed by atoms with Gasteiger partial charge in [0, 0.05) is 10.9 Å². The van der Waals surface area contributed by atoms with Gasteiger partial charge in [-0.15, -0.1) is 0 Å². The molecule has 1 heterocycles. The number of aryl methyl sites for hydroxylation is 1. The minimum Gasteiger partial charge on any atom is -0.330 e. The lowest BCUT2D eigenvalue weighted by Crippen LogP contribution is -2.35. The number of hydrogen-bond donors (Lipinski definition) is 2. The molecule has 0 spiro atoms. The van der Waals surface area contributed by atoms with E-state index in [4.69, 9.17) is 5.73 Å². The summed E-state index contributed by atoms with van der Waals surface area (Å²) >= 11 is 0. The maximum absolute atomic E-state index is 12.1. The molecule has 0 unspecified atom stereocenters. The number of amides is 2. The fraction of sp³-hybridized carbons (Fsp3) is 0.200. The Bertz CT molecular complexity index is 692. The van der Waals surface area contributed by atoms with E-state index in [1.807, 2.05) is 24.3 Å². The Balaban J connectivity index is 2.31. The van der Waals surface area contributed by atoms with Gasteiger partial charge in [0.1, 0.15) is 0 Å². The fourth-order valence-corrected chi connectivity index (χ4v) is 2.60. The molecule has 0 atom stereocenters. The highest BCUT2D eigenvalue weighted by Gasteiger charge is 2.26. The summed E-state index contributed by atoms with van der Waals surface area (Å²) in [6, 6.07) is 9.41. The topological polar surface area (TPSA) is 72.2 Å². The van der Waals surface area contributed by atoms with E-state index in [-0.39, 0.29) is 11.8 Å². The molecule has 0 aromatic heterocycles. The molecule has 19 heavy (non-hydrogen) atoms. The van der Waals surface area contributed by atoms with Crippen LogP contribution < -0.4 is 11.1 Å². The van der Waals surface area contributed by atoms with Gasteiger partial charge in [-0.05, 0) is 36.4 Å². The first-order valence-corrected chi connectivity index (χ1v) is 6.32. The van der Waals surface area contributed by atoms with Gasteiger partial charge >= 0.3 is 0 Å². The second-order valence-electron chi connectivity index (χ2n) is 4.68. The number of nitrogens with two attached hydrogens (primary N) is 1. The highest BCUT2D eigenvalue weighted by Crippen LogP contribution is 2.29. The van der Waals surface area contributed by atoms with Crippen LogP contribution in [-0.4, -0.2) is 18.4 Å². The van der Waals surface area contributed by atoms with Crippen molar-refractivity contribution in [2.75, 3.05) is 6.54 Å². The maximum Gasteiger partial charge on any atom is 0.259 e. The van der Waals surface area contributed by atoms with Gasteiger partial charge in [0.2, 0.25) is 0 Å². The Morgan fingerprint density at radius 3 is 2.68 bits per heavy atom. The van der Waals surface area contributed by atoms with Gasteiger partial charge in [0.15, 0.2) is 0 Å². The van der Waals surface area contributed by atoms with Gasteiger partial charge in [-0.1, -0.05) is 24.3 Å². The molecule has 2 amide bonds. The Morgan fingerprint density at radius 2 is 1.89 bits per heavy atom. The van der Waals surface area contributed by atoms with Crippen LogP contribution in [0, 0.1) is 0 Å². The van der Waals surface area contributed by atoms with E-state index in [1.54, 1.807) is 6.07 Å². The summed E-state index contributed by atoms with van der Waals surface area (Å²) in [4.78, 5) is 24.0. The lowest BCUT2D eigenvalue weighted by molar-refractivity contribution is 0.0844. The van der Waals surface area contributed by atoms with Gasteiger partial charge in [-0.3, -0.25) is 14.9 Å². The van der Waals surface area contributed by atoms with Crippen molar-refractivity contribution in [1.82, 2.24) is 5.32 Å². The van der Waals surface area contributed by atoms with Gasteiger partial charge in [0.05, 0.1) is 5.56 Å². The van der Waals surface area contributed by atoms with E-state index in [2.05, 4.69) is 5.32 Å². The maximum atomic E-state index is 12.1. The normalized spacial score (nSPS) is 13.7. The van der Waals surface area contributed by atoms with E-state index in [1.165, 1.54) is 0 Å². The van der Waals surface area contributed by atoms with Crippen LogP contribution in [0.5, 0.6) is 0 Å². The molecule has 0 fully saturated rings. The molecule has 4 nitrogen and oxygen atoms in total. The van der Waals surface area contributed by atoms with Crippen molar-refractivity contribution in [2.45, 2.75) is 12.8 Å². The first kappa shape index (κ1) is 11.9. The quantitative estimate of drug-likeness (QED) is 0.817. The zero-order valence-electron chi connectivity index (χ0n) is 10.4. The van der Waals surface area contributed by atoms with Crippen LogP contribution >= 0.6 is 0 Å². The minimum absolute atomic E-state index is 0.304. The third-order valence-electron chi connectivity index (χ3n) is 3.48. The second-order valence-corrected chi connectivity index (χ2v) is 4.68. The third-order valence-corrected chi connectivity index (χ3v) is 3.48. The van der Waals surface area contributed by atoms with Crippen LogP contribution in [-0.2, 0) is 6.42 Å². The average molecular weight is 254 g/mol. The Morgan fingerprint density at radius 1 is 1.05 bits per heavy atom. The van der Waals surface area contributed by atoms with Crippen LogP contribution in [0.3, 0.4) is 0 Å². The van der Waals surface area contributed by atoms with Gasteiger partial charge in [0.25, 0.3) is 11.8 Å². The van der Waals surface area contributed by atoms with Crippen LogP contribution in [0.4, 0.5) is 0 Å². The first-order valence-electron chi connectivity index (χ1n) is 6.32. The van der Waals surface area contributed by atoms with Crippen molar-refractivity contribution in [3.8, 4) is 0 Å². The van der Waals surface area contributed by atoms with Crippen molar-refractivity contribution in [1.29, 1.82) is 0 Å². The molecule has 2 aromatic carbocycles. The molecule has 0 saturated carbocycles. The lowest BCUT2D eigenvalue weighted by atomic mass is 9.90. The number of rotatable bonds is 3. The monoisotopic (exact) mass is 254 g/mol. The molecule has 4 heteroatoms. The molecular weight excluding hydrogens is 240 g/mol. The first-order chi connectivity index (χ1) is 9.22. The van der Waals surface area contributed by atoms with Gasteiger partial charge < -0.3 is 5.73 Å². The van der Waals surface area contributed by atoms with Crippen molar-refractivity contribution < 1.29 is 9.59 Å². The number of benzene rings is 2. The van der Waals surface area contributed by atoms with Crippen molar-refractivity contribution in [3.05, 3.63) is 47.0 Å². The smallest absolute Gasteiger partial charge is 0.259 e. The Labute approximate surface area is 110 Å². The summed E-state index contributed by atoms with van der Waals surface area (Å²) in [5.74, 6) is -0.625. The number of imide groups is 1. The summed E-state index contributed by atoms with van der Waals surface area (Å²) in [7, 11) is 0. The lowest BCUT2D eigenvalue weighted by Gasteiger charge is -2.19. The molecule has 2 aromatic rings. The number of nitrogens with one attached hydrogen (secondary N) is 1. The van der Waals surface area contributed by atoms with Crippen LogP contribution in [0.25, 0.3) is 10.8 Å². The van der Waals surface area contributed by atoms with E-state index in [0.29, 0.717) is 17.7 Å². The zero-order chi connectivity index (χ0) is 13.4. The largest absolute Gasteiger partial charge is 0.330 e. The van der Waals surface area contributed by atoms with Crippen LogP contribution in [0.15, 0.2) is 30.3 Å². The standard InChI is InChI=1S/C15H14N2O2/c16-8-2-4-10-7-6-9-3-1-5-11-12(9)13(10)15(19)17-14(11)18/h1,3,5-7H,2,4,8,16H2,(H,17,18,19). The predicted octanol–water partition coefficient (Wildman–Crippen LogP) is 1.61. The Kier molecular flexibility index (Phi) is 2.80. The molecule has 3 rings (SSSR count). The Hall–Kier alpha value is -2.20. The van der Waals surface area contributed by atoms with Gasteiger partial charge in [-0.2, -0.15) is 0 Å². The van der Waals surface area contributed by atoms with Crippen molar-refractivity contribution in [3.63, 3.8) is 0 Å². The summed E-state index contributed by atoms with van der Waals surface area (Å²) in [5.41, 5.74) is 7.68. The van der Waals surface area contributed by atoms with Gasteiger partial charge in [-0.25, -0.2) is 0 Å². The van der Waals surface area contributed by atoms with Crippen molar-refractivity contribution in [2.24, 2.45) is 5.73 Å². The predicted molar refractivity (Wildman–Crippen MR) is 73.1 cm³/mol. The summed E-state index contributed by atoms with van der Waals surface area (Å²) in [6.07, 6.45) is 1.57. The highest BCUT2D eigenvalue weighted by molar-refractivity contribution is 6.26. The summed E-state index contributed by atoms with van der Waals surface area (Å²) in [5, 5.41) is 4.10. The molecule has 0 radical (unpaired) electrons. The SMILES string of the molecule is NCCCc1ccc2cccc3c2c1C(=O)NC3=O. The molecule has 0 saturated heterocycles. The number of carbonyl (C=O) groups is 2. The average Bonchev–Trinajstić information content (AvgIpc) is 2.42. The van der Waals surface area contributed by atoms with Crippen LogP contribution in [0.1, 0.15) is 32.7 Å². The molecule has 0 aliphatic carbocycles. The van der Waals surface area contributed by atoms with E-state index in [0.717, 1.165) is 29.2 Å². The summed E-state index contributed by atoms with van der Waals surface area (Å²) < 4.78 is 0. The molecule has 0 bridgehead atoms. The molecular formula is C15H14N2O2. The van der Waals surface area contributed by atoms with E-state index < -0.39 is 0 Å². The molecule has 96 valence electrons. The number of hydrogen-bond acceptors (Lipinski definition) is 3.